The van der Waals surface area contributed by atoms with E-state index in [0.29, 0.717) is 13.1 Å². The van der Waals surface area contributed by atoms with Crippen LogP contribution in [0.3, 0.4) is 0 Å². The number of aliphatic hydroxyl groups excluding tert-OH is 1. The van der Waals surface area contributed by atoms with E-state index in [1.54, 1.807) is 12.3 Å². The molecule has 0 atom stereocenters. The van der Waals surface area contributed by atoms with Gasteiger partial charge < -0.3 is 5.11 Å². The molecule has 20 heavy (non-hydrogen) atoms. The summed E-state index contributed by atoms with van der Waals surface area (Å²) in [6.45, 7) is 4.37. The molecule has 1 aromatic heterocycles. The van der Waals surface area contributed by atoms with Crippen LogP contribution in [0.1, 0.15) is 25.3 Å². The highest BCUT2D eigenvalue weighted by atomic mass is 19.1. The molecule has 0 aliphatic carbocycles. The van der Waals surface area contributed by atoms with Crippen molar-refractivity contribution in [3.05, 3.63) is 41.8 Å². The Morgan fingerprint density at radius 2 is 2.15 bits per heavy atom. The first-order chi connectivity index (χ1) is 9.74. The summed E-state index contributed by atoms with van der Waals surface area (Å²) in [5.74, 6) is -0.236. The molecule has 0 bridgehead atoms. The van der Waals surface area contributed by atoms with Gasteiger partial charge in [-0.05, 0) is 36.7 Å². The van der Waals surface area contributed by atoms with Gasteiger partial charge in [-0.3, -0.25) is 9.88 Å². The Hall–Kier alpha value is -1.52. The number of aliphatic hydroxyl groups is 1. The minimum Gasteiger partial charge on any atom is -0.395 e. The lowest BCUT2D eigenvalue weighted by atomic mass is 10.1. The van der Waals surface area contributed by atoms with Crippen LogP contribution < -0.4 is 0 Å². The summed E-state index contributed by atoms with van der Waals surface area (Å²) < 4.78 is 13.7. The number of unbranched alkanes of at least 4 members (excludes halogenated alkanes) is 1. The minimum atomic E-state index is -0.236. The van der Waals surface area contributed by atoms with E-state index in [9.17, 15) is 4.39 Å². The number of rotatable bonds is 7. The lowest BCUT2D eigenvalue weighted by molar-refractivity contribution is 0.188. The van der Waals surface area contributed by atoms with E-state index < -0.39 is 0 Å². The third-order valence-electron chi connectivity index (χ3n) is 3.39. The average molecular weight is 276 g/mol. The molecule has 0 fully saturated rings. The molecule has 2 aromatic rings. The van der Waals surface area contributed by atoms with E-state index in [1.807, 2.05) is 12.1 Å². The number of pyridine rings is 1. The van der Waals surface area contributed by atoms with Gasteiger partial charge in [-0.15, -0.1) is 0 Å². The average Bonchev–Trinajstić information content (AvgIpc) is 2.44. The summed E-state index contributed by atoms with van der Waals surface area (Å²) in [6, 6.07) is 6.74. The van der Waals surface area contributed by atoms with Crippen LogP contribution in [0.4, 0.5) is 4.39 Å². The van der Waals surface area contributed by atoms with E-state index in [4.69, 9.17) is 5.11 Å². The maximum Gasteiger partial charge on any atom is 0.124 e. The zero-order valence-electron chi connectivity index (χ0n) is 11.8. The Balaban J connectivity index is 2.26. The molecule has 0 aliphatic rings. The van der Waals surface area contributed by atoms with E-state index in [1.165, 1.54) is 6.07 Å². The van der Waals surface area contributed by atoms with Crippen molar-refractivity contribution in [1.82, 2.24) is 9.88 Å². The van der Waals surface area contributed by atoms with Gasteiger partial charge in [0, 0.05) is 24.7 Å². The smallest absolute Gasteiger partial charge is 0.124 e. The number of hydrogen-bond acceptors (Lipinski definition) is 3. The largest absolute Gasteiger partial charge is 0.395 e. The van der Waals surface area contributed by atoms with Gasteiger partial charge in [0.1, 0.15) is 5.82 Å². The van der Waals surface area contributed by atoms with Crippen LogP contribution in [0.15, 0.2) is 30.5 Å². The molecule has 0 radical (unpaired) electrons. The van der Waals surface area contributed by atoms with Gasteiger partial charge in [0.25, 0.3) is 0 Å². The van der Waals surface area contributed by atoms with Crippen molar-refractivity contribution >= 4 is 10.9 Å². The van der Waals surface area contributed by atoms with Crippen LogP contribution in [0.25, 0.3) is 10.9 Å². The van der Waals surface area contributed by atoms with Gasteiger partial charge >= 0.3 is 0 Å². The predicted octanol–water partition coefficient (Wildman–Crippen LogP) is 2.97. The molecule has 0 aliphatic heterocycles. The first-order valence-electron chi connectivity index (χ1n) is 7.11. The normalized spacial score (nSPS) is 11.4. The molecule has 0 amide bonds. The molecule has 0 saturated carbocycles. The van der Waals surface area contributed by atoms with E-state index in [0.717, 1.165) is 35.9 Å². The topological polar surface area (TPSA) is 36.4 Å². The van der Waals surface area contributed by atoms with Crippen molar-refractivity contribution in [2.75, 3.05) is 19.7 Å². The van der Waals surface area contributed by atoms with Crippen molar-refractivity contribution < 1.29 is 9.50 Å². The summed E-state index contributed by atoms with van der Waals surface area (Å²) in [6.07, 6.45) is 3.90. The van der Waals surface area contributed by atoms with Crippen LogP contribution in [-0.2, 0) is 6.54 Å². The molecular formula is C16H21FN2O. The lowest BCUT2D eigenvalue weighted by Crippen LogP contribution is -2.27. The van der Waals surface area contributed by atoms with Gasteiger partial charge in [0.05, 0.1) is 12.1 Å². The molecule has 1 N–H and O–H groups in total. The third-order valence-corrected chi connectivity index (χ3v) is 3.39. The minimum absolute atomic E-state index is 0.115. The number of benzene rings is 1. The fraction of sp³-hybridized carbons (Fsp3) is 0.438. The van der Waals surface area contributed by atoms with E-state index in [-0.39, 0.29) is 12.4 Å². The SMILES string of the molecule is CCCCN(CCO)Cc1cc(F)cc2cccnc12. The molecule has 4 heteroatoms. The first-order valence-corrected chi connectivity index (χ1v) is 7.11. The van der Waals surface area contributed by atoms with Gasteiger partial charge in [-0.1, -0.05) is 19.4 Å². The summed E-state index contributed by atoms with van der Waals surface area (Å²) in [4.78, 5) is 6.51. The van der Waals surface area contributed by atoms with Gasteiger partial charge in [-0.25, -0.2) is 4.39 Å². The molecule has 1 heterocycles. The summed E-state index contributed by atoms with van der Waals surface area (Å²) >= 11 is 0. The van der Waals surface area contributed by atoms with E-state index in [2.05, 4.69) is 16.8 Å². The lowest BCUT2D eigenvalue weighted by Gasteiger charge is -2.21. The summed E-state index contributed by atoms with van der Waals surface area (Å²) in [5.41, 5.74) is 1.72. The van der Waals surface area contributed by atoms with Gasteiger partial charge in [0.15, 0.2) is 0 Å². The fourth-order valence-electron chi connectivity index (χ4n) is 2.38. The van der Waals surface area contributed by atoms with Crippen LogP contribution >= 0.6 is 0 Å². The molecule has 108 valence electrons. The van der Waals surface area contributed by atoms with Crippen LogP contribution in [0.5, 0.6) is 0 Å². The van der Waals surface area contributed by atoms with Crippen LogP contribution in [0, 0.1) is 5.82 Å². The van der Waals surface area contributed by atoms with Crippen molar-refractivity contribution in [2.45, 2.75) is 26.3 Å². The molecule has 2 rings (SSSR count). The number of hydrogen-bond donors (Lipinski definition) is 1. The molecule has 0 spiro atoms. The predicted molar refractivity (Wildman–Crippen MR) is 79.0 cm³/mol. The monoisotopic (exact) mass is 276 g/mol. The molecular weight excluding hydrogens is 255 g/mol. The van der Waals surface area contributed by atoms with Crippen molar-refractivity contribution in [3.8, 4) is 0 Å². The van der Waals surface area contributed by atoms with Crippen LogP contribution in [0.2, 0.25) is 0 Å². The number of nitrogens with zero attached hydrogens (tertiary/aromatic N) is 2. The highest BCUT2D eigenvalue weighted by Gasteiger charge is 2.10. The second-order valence-electron chi connectivity index (χ2n) is 4.99. The van der Waals surface area contributed by atoms with Crippen molar-refractivity contribution in [1.29, 1.82) is 0 Å². The molecule has 3 nitrogen and oxygen atoms in total. The standard InChI is InChI=1S/C16H21FN2O/c1-2-3-7-19(8-9-20)12-14-11-15(17)10-13-5-4-6-18-16(13)14/h4-6,10-11,20H,2-3,7-9,12H2,1H3. The number of halogens is 1. The second-order valence-corrected chi connectivity index (χ2v) is 4.99. The maximum atomic E-state index is 13.7. The highest BCUT2D eigenvalue weighted by Crippen LogP contribution is 2.20. The fourth-order valence-corrected chi connectivity index (χ4v) is 2.38. The number of aromatic nitrogens is 1. The molecule has 0 saturated heterocycles. The van der Waals surface area contributed by atoms with Crippen LogP contribution in [-0.4, -0.2) is 34.7 Å². The molecule has 0 unspecified atom stereocenters. The van der Waals surface area contributed by atoms with Crippen molar-refractivity contribution in [2.24, 2.45) is 0 Å². The van der Waals surface area contributed by atoms with Crippen molar-refractivity contribution in [3.63, 3.8) is 0 Å². The second kappa shape index (κ2) is 7.31. The zero-order chi connectivity index (χ0) is 14.4. The summed E-state index contributed by atoms with van der Waals surface area (Å²) in [5, 5.41) is 9.97. The maximum absolute atomic E-state index is 13.7. The zero-order valence-corrected chi connectivity index (χ0v) is 11.8. The van der Waals surface area contributed by atoms with E-state index >= 15 is 0 Å². The number of fused-ring (bicyclic) bond motifs is 1. The Morgan fingerprint density at radius 1 is 1.30 bits per heavy atom. The quantitative estimate of drug-likeness (QED) is 0.844. The Kier molecular flexibility index (Phi) is 5.44. The Labute approximate surface area is 119 Å². The summed E-state index contributed by atoms with van der Waals surface area (Å²) in [7, 11) is 0. The Morgan fingerprint density at radius 3 is 2.90 bits per heavy atom. The highest BCUT2D eigenvalue weighted by molar-refractivity contribution is 5.81. The Bertz CT molecular complexity index is 559. The van der Waals surface area contributed by atoms with Gasteiger partial charge in [0.2, 0.25) is 0 Å². The molecule has 1 aromatic carbocycles. The van der Waals surface area contributed by atoms with Gasteiger partial charge in [-0.2, -0.15) is 0 Å². The first kappa shape index (κ1) is 14.9. The third kappa shape index (κ3) is 3.74.